The minimum atomic E-state index is -2.22. The second kappa shape index (κ2) is 2.53. The molecule has 0 saturated heterocycles. The molecule has 0 aliphatic heterocycles. The van der Waals surface area contributed by atoms with E-state index in [1.807, 2.05) is 0 Å². The summed E-state index contributed by atoms with van der Waals surface area (Å²) in [6, 6.07) is 0. The molecule has 0 aliphatic carbocycles. The summed E-state index contributed by atoms with van der Waals surface area (Å²) in [6.07, 6.45) is 0.526. The van der Waals surface area contributed by atoms with E-state index in [2.05, 4.69) is 0 Å². The Morgan fingerprint density at radius 3 is 2.25 bits per heavy atom. The fraction of sp³-hybridized carbons (Fsp3) is 1.00. The molecule has 0 spiro atoms. The highest BCUT2D eigenvalue weighted by molar-refractivity contribution is 7.39. The molecule has 0 aromatic rings. The Bertz CT molecular complexity index is 102. The zero-order chi connectivity index (χ0) is 6.78. The summed E-state index contributed by atoms with van der Waals surface area (Å²) in [6.45, 7) is 3.34. The lowest BCUT2D eigenvalue weighted by Gasteiger charge is -2.03. The second-order valence-corrected chi connectivity index (χ2v) is 3.55. The molecule has 0 bridgehead atoms. The first-order valence-electron chi connectivity index (χ1n) is 2.46. The van der Waals surface area contributed by atoms with Crippen LogP contribution in [0.2, 0.25) is 0 Å². The van der Waals surface area contributed by atoms with Crippen LogP contribution in [0.5, 0.6) is 0 Å². The van der Waals surface area contributed by atoms with Gasteiger partial charge >= 0.3 is 8.03 Å². The van der Waals surface area contributed by atoms with Crippen molar-refractivity contribution in [1.82, 2.24) is 0 Å². The number of rotatable bonds is 2. The van der Waals surface area contributed by atoms with E-state index in [0.717, 1.165) is 0 Å². The third-order valence-corrected chi connectivity index (χ3v) is 2.34. The first-order valence-corrected chi connectivity index (χ1v) is 3.67. The minimum absolute atomic E-state index is 0.526. The highest BCUT2D eigenvalue weighted by Crippen LogP contribution is 2.31. The predicted octanol–water partition coefficient (Wildman–Crippen LogP) is 0.806. The first kappa shape index (κ1) is 8.02. The van der Waals surface area contributed by atoms with E-state index in [0.29, 0.717) is 6.42 Å². The highest BCUT2D eigenvalue weighted by atomic mass is 31.1. The van der Waals surface area contributed by atoms with Crippen LogP contribution in [0, 0.1) is 0 Å². The molecule has 0 fully saturated rings. The molecule has 4 heteroatoms. The zero-order valence-electron chi connectivity index (χ0n) is 5.09. The van der Waals surface area contributed by atoms with Crippen LogP contribution < -0.4 is 5.73 Å². The topological polar surface area (TPSA) is 63.3 Å². The van der Waals surface area contributed by atoms with Gasteiger partial charge in [-0.05, 0) is 4.57 Å². The van der Waals surface area contributed by atoms with Gasteiger partial charge in [0.15, 0.2) is 0 Å². The molecule has 0 aromatic carbocycles. The maximum absolute atomic E-state index is 10.3. The molecule has 0 aromatic heterocycles. The lowest BCUT2D eigenvalue weighted by Crippen LogP contribution is -2.30. The summed E-state index contributed by atoms with van der Waals surface area (Å²) >= 11 is 0. The van der Waals surface area contributed by atoms with Crippen molar-refractivity contribution < 1.29 is 9.46 Å². The standard InChI is InChI=1S/C4H10NO2P/c1-3-4(2,5)8(6)7/h3,5H2,1-2H3/p+1. The van der Waals surface area contributed by atoms with Gasteiger partial charge < -0.3 is 0 Å². The van der Waals surface area contributed by atoms with Crippen LogP contribution in [-0.4, -0.2) is 10.2 Å². The average molecular weight is 136 g/mol. The quantitative estimate of drug-likeness (QED) is 0.552. The van der Waals surface area contributed by atoms with Crippen molar-refractivity contribution in [1.29, 1.82) is 0 Å². The van der Waals surface area contributed by atoms with Gasteiger partial charge in [0.2, 0.25) is 5.28 Å². The van der Waals surface area contributed by atoms with E-state index in [-0.39, 0.29) is 0 Å². The second-order valence-electron chi connectivity index (χ2n) is 1.98. The van der Waals surface area contributed by atoms with Crippen molar-refractivity contribution in [2.45, 2.75) is 25.5 Å². The summed E-state index contributed by atoms with van der Waals surface area (Å²) in [5.41, 5.74) is 5.33. The fourth-order valence-electron chi connectivity index (χ4n) is 0.135. The van der Waals surface area contributed by atoms with Gasteiger partial charge in [0.05, 0.1) is 0 Å². The van der Waals surface area contributed by atoms with Crippen LogP contribution in [0.4, 0.5) is 0 Å². The maximum atomic E-state index is 10.3. The number of nitrogens with two attached hydrogens (primary N) is 1. The summed E-state index contributed by atoms with van der Waals surface area (Å²) in [5.74, 6) is 0. The molecular weight excluding hydrogens is 125 g/mol. The molecule has 3 N–H and O–H groups in total. The van der Waals surface area contributed by atoms with Gasteiger partial charge in [0.25, 0.3) is 0 Å². The summed E-state index contributed by atoms with van der Waals surface area (Å²) in [5, 5.41) is -0.894. The lowest BCUT2D eigenvalue weighted by molar-refractivity contribution is 0.452. The molecule has 0 amide bonds. The molecular formula is C4H11NO2P+. The monoisotopic (exact) mass is 136 g/mol. The van der Waals surface area contributed by atoms with E-state index < -0.39 is 13.3 Å². The minimum Gasteiger partial charge on any atom is -0.283 e. The van der Waals surface area contributed by atoms with Crippen LogP contribution >= 0.6 is 8.03 Å². The molecule has 0 heterocycles. The molecule has 8 heavy (non-hydrogen) atoms. The highest BCUT2D eigenvalue weighted by Gasteiger charge is 2.37. The van der Waals surface area contributed by atoms with E-state index in [9.17, 15) is 4.57 Å². The van der Waals surface area contributed by atoms with Crippen LogP contribution in [0.3, 0.4) is 0 Å². The van der Waals surface area contributed by atoms with E-state index in [1.165, 1.54) is 0 Å². The molecule has 0 radical (unpaired) electrons. The van der Waals surface area contributed by atoms with Gasteiger partial charge in [-0.25, -0.2) is 0 Å². The van der Waals surface area contributed by atoms with Gasteiger partial charge in [0.1, 0.15) is 0 Å². The Kier molecular flexibility index (Phi) is 2.54. The normalized spacial score (nSPS) is 19.8. The Morgan fingerprint density at radius 1 is 1.88 bits per heavy atom. The Labute approximate surface area is 49.8 Å². The molecule has 0 aliphatic rings. The van der Waals surface area contributed by atoms with Crippen LogP contribution in [-0.2, 0) is 4.57 Å². The number of hydrogen-bond donors (Lipinski definition) is 2. The van der Waals surface area contributed by atoms with Crippen molar-refractivity contribution in [3.63, 3.8) is 0 Å². The summed E-state index contributed by atoms with van der Waals surface area (Å²) in [7, 11) is -2.22. The van der Waals surface area contributed by atoms with Gasteiger partial charge in [-0.15, -0.1) is 0 Å². The molecule has 2 atom stereocenters. The van der Waals surface area contributed by atoms with E-state index >= 15 is 0 Å². The Morgan fingerprint density at radius 2 is 2.25 bits per heavy atom. The SMILES string of the molecule is CCC(C)(N)[P+](=O)O. The molecule has 3 nitrogen and oxygen atoms in total. The smallest absolute Gasteiger partial charge is 0.283 e. The van der Waals surface area contributed by atoms with Crippen molar-refractivity contribution in [2.75, 3.05) is 0 Å². The lowest BCUT2D eigenvalue weighted by atomic mass is 10.3. The van der Waals surface area contributed by atoms with Gasteiger partial charge in [0, 0.05) is 13.3 Å². The largest absolute Gasteiger partial charge is 0.527 e. The predicted molar refractivity (Wildman–Crippen MR) is 32.7 cm³/mol. The van der Waals surface area contributed by atoms with Gasteiger partial charge in [-0.2, -0.15) is 4.89 Å². The third-order valence-electron chi connectivity index (χ3n) is 1.15. The molecule has 0 saturated carbocycles. The first-order chi connectivity index (χ1) is 3.50. The van der Waals surface area contributed by atoms with E-state index in [1.54, 1.807) is 13.8 Å². The van der Waals surface area contributed by atoms with Gasteiger partial charge in [-0.1, -0.05) is 6.92 Å². The Balaban J connectivity index is 3.91. The number of hydrogen-bond acceptors (Lipinski definition) is 2. The Hall–Kier alpha value is 0.0200. The summed E-state index contributed by atoms with van der Waals surface area (Å²) < 4.78 is 10.3. The maximum Gasteiger partial charge on any atom is 0.527 e. The van der Waals surface area contributed by atoms with Crippen LogP contribution in [0.1, 0.15) is 20.3 Å². The molecule has 0 rings (SSSR count). The van der Waals surface area contributed by atoms with Crippen LogP contribution in [0.25, 0.3) is 0 Å². The van der Waals surface area contributed by atoms with Crippen molar-refractivity contribution in [3.8, 4) is 0 Å². The third kappa shape index (κ3) is 1.86. The van der Waals surface area contributed by atoms with Crippen molar-refractivity contribution >= 4 is 8.03 Å². The zero-order valence-corrected chi connectivity index (χ0v) is 5.98. The van der Waals surface area contributed by atoms with Crippen molar-refractivity contribution in [2.24, 2.45) is 5.73 Å². The van der Waals surface area contributed by atoms with Gasteiger partial charge in [-0.3, -0.25) is 5.73 Å². The van der Waals surface area contributed by atoms with E-state index in [4.69, 9.17) is 10.6 Å². The average Bonchev–Trinajstić information content (AvgIpc) is 1.67. The molecule has 2 unspecified atom stereocenters. The summed E-state index contributed by atoms with van der Waals surface area (Å²) in [4.78, 5) is 8.46. The van der Waals surface area contributed by atoms with Crippen molar-refractivity contribution in [3.05, 3.63) is 0 Å². The molecule has 48 valence electrons. The van der Waals surface area contributed by atoms with Crippen LogP contribution in [0.15, 0.2) is 0 Å². The fourth-order valence-corrected chi connectivity index (χ4v) is 0.406.